The lowest BCUT2D eigenvalue weighted by Gasteiger charge is -2.27. The van der Waals surface area contributed by atoms with Crippen molar-refractivity contribution in [2.45, 2.75) is 32.9 Å². The summed E-state index contributed by atoms with van der Waals surface area (Å²) in [6.45, 7) is 4.01. The number of halogens is 3. The molecule has 0 bridgehead atoms. The van der Waals surface area contributed by atoms with E-state index in [0.717, 1.165) is 23.4 Å². The van der Waals surface area contributed by atoms with Crippen LogP contribution in [0.1, 0.15) is 35.7 Å². The Labute approximate surface area is 201 Å². The molecule has 1 aromatic carbocycles. The second-order valence-electron chi connectivity index (χ2n) is 8.53. The lowest BCUT2D eigenvalue weighted by atomic mass is 9.93. The van der Waals surface area contributed by atoms with Crippen LogP contribution < -0.4 is 22.6 Å². The first-order chi connectivity index (χ1) is 16.4. The third-order valence-electron chi connectivity index (χ3n) is 5.90. The number of hydrogen-bond acceptors (Lipinski definition) is 6. The zero-order valence-electron chi connectivity index (χ0n) is 19.9. The van der Waals surface area contributed by atoms with Gasteiger partial charge in [0.25, 0.3) is 5.91 Å². The molecule has 7 N–H and O–H groups in total. The van der Waals surface area contributed by atoms with Gasteiger partial charge in [0.05, 0.1) is 17.5 Å². The van der Waals surface area contributed by atoms with Crippen molar-refractivity contribution in [3.8, 4) is 0 Å². The Bertz CT molecular complexity index is 1190. The van der Waals surface area contributed by atoms with E-state index < -0.39 is 17.6 Å². The van der Waals surface area contributed by atoms with Gasteiger partial charge < -0.3 is 16.8 Å². The molecule has 8 nitrogen and oxygen atoms in total. The van der Waals surface area contributed by atoms with Crippen LogP contribution in [0.25, 0.3) is 5.70 Å². The van der Waals surface area contributed by atoms with Crippen LogP contribution in [-0.2, 0) is 24.4 Å². The molecule has 1 heterocycles. The second kappa shape index (κ2) is 10.4. The van der Waals surface area contributed by atoms with E-state index in [1.54, 1.807) is 36.3 Å². The zero-order chi connectivity index (χ0) is 25.9. The normalized spacial score (nSPS) is 16.6. The van der Waals surface area contributed by atoms with Crippen molar-refractivity contribution in [1.82, 2.24) is 14.8 Å². The molecule has 1 aromatic heterocycles. The monoisotopic (exact) mass is 489 g/mol. The maximum Gasteiger partial charge on any atom is 0.416 e. The first-order valence-corrected chi connectivity index (χ1v) is 11.0. The zero-order valence-corrected chi connectivity index (χ0v) is 19.9. The number of hydrogen-bond donors (Lipinski definition) is 4. The van der Waals surface area contributed by atoms with Crippen LogP contribution in [0.4, 0.5) is 18.9 Å². The van der Waals surface area contributed by atoms with Gasteiger partial charge in [0.2, 0.25) is 0 Å². The summed E-state index contributed by atoms with van der Waals surface area (Å²) < 4.78 is 41.6. The van der Waals surface area contributed by atoms with Gasteiger partial charge in [-0.15, -0.1) is 0 Å². The van der Waals surface area contributed by atoms with Gasteiger partial charge in [-0.05, 0) is 56.1 Å². The van der Waals surface area contributed by atoms with Crippen molar-refractivity contribution in [3.05, 3.63) is 76.4 Å². The summed E-state index contributed by atoms with van der Waals surface area (Å²) in [7, 11) is 1.80. The number of nitrogens with one attached hydrogen (secondary N) is 1. The van der Waals surface area contributed by atoms with Crippen LogP contribution in [0.2, 0.25) is 0 Å². The molecule has 1 amide bonds. The van der Waals surface area contributed by atoms with Gasteiger partial charge >= 0.3 is 6.18 Å². The molecule has 0 fully saturated rings. The molecule has 1 atom stereocenters. The third kappa shape index (κ3) is 6.11. The second-order valence-corrected chi connectivity index (χ2v) is 8.53. The Hall–Kier alpha value is -3.57. The van der Waals surface area contributed by atoms with Crippen molar-refractivity contribution in [2.75, 3.05) is 11.9 Å². The van der Waals surface area contributed by atoms with E-state index in [1.165, 1.54) is 11.1 Å². The number of rotatable bonds is 7. The standard InChI is InChI=1S/C24H30F3N7O/c1-14-4-5-17(10-22(14)34(30)13-21(29)20-12-31-33(3)15(20)2)23(35)32-19-9-16(6-7-28)8-18(11-19)24(25,26)27/h5,8-14H,4,6-7,28-30H2,1-3H3,(H,32,35)/b21-13-. The van der Waals surface area contributed by atoms with Crippen LogP contribution >= 0.6 is 0 Å². The van der Waals surface area contributed by atoms with Crippen LogP contribution in [0, 0.1) is 12.8 Å². The average molecular weight is 490 g/mol. The first-order valence-electron chi connectivity index (χ1n) is 11.0. The fraction of sp³-hybridized carbons (Fsp3) is 0.333. The van der Waals surface area contributed by atoms with Crippen LogP contribution in [-0.4, -0.2) is 27.2 Å². The molecule has 1 unspecified atom stereocenters. The number of allylic oxidation sites excluding steroid dienone is 2. The number of anilines is 1. The lowest BCUT2D eigenvalue weighted by molar-refractivity contribution is -0.137. The molecular weight excluding hydrogens is 459 g/mol. The van der Waals surface area contributed by atoms with Gasteiger partial charge in [-0.25, -0.2) is 5.84 Å². The minimum absolute atomic E-state index is 0.0136. The van der Waals surface area contributed by atoms with Crippen molar-refractivity contribution in [3.63, 3.8) is 0 Å². The molecule has 0 saturated carbocycles. The Morgan fingerprint density at radius 3 is 2.66 bits per heavy atom. The number of alkyl halides is 3. The number of aromatic nitrogens is 2. The molecule has 35 heavy (non-hydrogen) atoms. The third-order valence-corrected chi connectivity index (χ3v) is 5.90. The minimum Gasteiger partial charge on any atom is -0.397 e. The van der Waals surface area contributed by atoms with E-state index in [2.05, 4.69) is 10.4 Å². The highest BCUT2D eigenvalue weighted by Gasteiger charge is 2.31. The molecule has 1 aliphatic rings. The number of carbonyl (C=O) groups excluding carboxylic acids is 1. The largest absolute Gasteiger partial charge is 0.416 e. The number of nitrogens with two attached hydrogens (primary N) is 3. The molecule has 2 aromatic rings. The number of amides is 1. The molecule has 0 saturated heterocycles. The molecule has 3 rings (SSSR count). The molecular formula is C24H30F3N7O. The van der Waals surface area contributed by atoms with Crippen LogP contribution in [0.15, 0.2) is 54.0 Å². The Morgan fingerprint density at radius 1 is 1.34 bits per heavy atom. The summed E-state index contributed by atoms with van der Waals surface area (Å²) in [6.07, 6.45) is 2.75. The number of benzene rings is 1. The topological polar surface area (TPSA) is 128 Å². The van der Waals surface area contributed by atoms with Crippen molar-refractivity contribution < 1.29 is 18.0 Å². The Kier molecular flexibility index (Phi) is 7.71. The smallest absolute Gasteiger partial charge is 0.397 e. The fourth-order valence-electron chi connectivity index (χ4n) is 3.79. The van der Waals surface area contributed by atoms with Gasteiger partial charge in [0.15, 0.2) is 0 Å². The molecule has 0 aliphatic heterocycles. The number of carbonyl (C=O) groups is 1. The summed E-state index contributed by atoms with van der Waals surface area (Å²) in [5.41, 5.74) is 14.2. The van der Waals surface area contributed by atoms with Gasteiger partial charge in [0, 0.05) is 47.4 Å². The summed E-state index contributed by atoms with van der Waals surface area (Å²) in [4.78, 5) is 12.9. The van der Waals surface area contributed by atoms with Crippen molar-refractivity contribution >= 4 is 17.3 Å². The highest BCUT2D eigenvalue weighted by atomic mass is 19.4. The van der Waals surface area contributed by atoms with Gasteiger partial charge in [0.1, 0.15) is 0 Å². The van der Waals surface area contributed by atoms with Gasteiger partial charge in [-0.2, -0.15) is 18.3 Å². The minimum atomic E-state index is -4.55. The number of hydrazine groups is 1. The SMILES string of the molecule is Cc1c(/C(N)=C/N(N)C2=CC(C(=O)Nc3cc(CCN)cc(C(F)(F)F)c3)=CCC2C)cnn1C. The first kappa shape index (κ1) is 26.0. The quantitative estimate of drug-likeness (QED) is 0.349. The van der Waals surface area contributed by atoms with Crippen LogP contribution in [0.3, 0.4) is 0 Å². The van der Waals surface area contributed by atoms with E-state index >= 15 is 0 Å². The summed E-state index contributed by atoms with van der Waals surface area (Å²) >= 11 is 0. The lowest BCUT2D eigenvalue weighted by Crippen LogP contribution is -2.31. The molecule has 188 valence electrons. The summed E-state index contributed by atoms with van der Waals surface area (Å²) in [6, 6.07) is 3.43. The van der Waals surface area contributed by atoms with Gasteiger partial charge in [-0.1, -0.05) is 13.0 Å². The Balaban J connectivity index is 1.83. The highest BCUT2D eigenvalue weighted by Crippen LogP contribution is 2.33. The van der Waals surface area contributed by atoms with E-state index in [-0.39, 0.29) is 30.1 Å². The molecule has 1 aliphatic carbocycles. The number of aryl methyl sites for hydroxylation is 1. The van der Waals surface area contributed by atoms with E-state index in [4.69, 9.17) is 17.3 Å². The predicted octanol–water partition coefficient (Wildman–Crippen LogP) is 3.17. The van der Waals surface area contributed by atoms with Crippen molar-refractivity contribution in [1.29, 1.82) is 0 Å². The van der Waals surface area contributed by atoms with Crippen molar-refractivity contribution in [2.24, 2.45) is 30.3 Å². The van der Waals surface area contributed by atoms with Gasteiger partial charge in [-0.3, -0.25) is 14.5 Å². The summed E-state index contributed by atoms with van der Waals surface area (Å²) in [5.74, 6) is 5.70. The highest BCUT2D eigenvalue weighted by molar-refractivity contribution is 6.06. The molecule has 11 heteroatoms. The summed E-state index contributed by atoms with van der Waals surface area (Å²) in [5, 5.41) is 8.10. The van der Waals surface area contributed by atoms with E-state index in [1.807, 2.05) is 13.8 Å². The number of nitrogens with zero attached hydrogens (tertiary/aromatic N) is 3. The Morgan fingerprint density at radius 2 is 2.06 bits per heavy atom. The fourth-order valence-corrected chi connectivity index (χ4v) is 3.79. The molecule has 0 radical (unpaired) electrons. The maximum absolute atomic E-state index is 13.3. The van der Waals surface area contributed by atoms with Crippen LogP contribution in [0.5, 0.6) is 0 Å². The average Bonchev–Trinajstić information content (AvgIpc) is 3.11. The van der Waals surface area contributed by atoms with E-state index in [0.29, 0.717) is 23.4 Å². The predicted molar refractivity (Wildman–Crippen MR) is 129 cm³/mol. The maximum atomic E-state index is 13.3. The molecule has 0 spiro atoms. The van der Waals surface area contributed by atoms with E-state index in [9.17, 15) is 18.0 Å².